The number of nitrogens with two attached hydrogens (primary N) is 1. The zero-order valence-corrected chi connectivity index (χ0v) is 13.9. The van der Waals surface area contributed by atoms with Crippen molar-refractivity contribution in [3.05, 3.63) is 90.0 Å². The number of hydrogen-bond donors (Lipinski definition) is 1. The molecule has 0 atom stereocenters. The summed E-state index contributed by atoms with van der Waals surface area (Å²) >= 11 is 0. The molecule has 0 bridgehead atoms. The van der Waals surface area contributed by atoms with E-state index in [4.69, 9.17) is 10.2 Å². The van der Waals surface area contributed by atoms with Crippen LogP contribution in [0, 0.1) is 0 Å². The number of furan rings is 1. The van der Waals surface area contributed by atoms with Crippen molar-refractivity contribution in [3.63, 3.8) is 0 Å². The van der Waals surface area contributed by atoms with E-state index in [1.165, 1.54) is 0 Å². The number of nitrogens with zero attached hydrogens (tertiary/aromatic N) is 1. The van der Waals surface area contributed by atoms with E-state index in [0.29, 0.717) is 5.70 Å². The molecule has 0 unspecified atom stereocenters. The van der Waals surface area contributed by atoms with Gasteiger partial charge in [-0.25, -0.2) is 0 Å². The van der Waals surface area contributed by atoms with E-state index >= 15 is 0 Å². The minimum Gasteiger partial charge on any atom is -0.456 e. The molecule has 0 aliphatic rings. The number of rotatable bonds is 3. The van der Waals surface area contributed by atoms with Crippen LogP contribution in [0.4, 0.5) is 0 Å². The molecule has 1 aromatic heterocycles. The minimum atomic E-state index is 0.693. The fraction of sp³-hybridized carbons (Fsp3) is 0.0455. The number of aliphatic imine (C=N–C) groups is 1. The van der Waals surface area contributed by atoms with Gasteiger partial charge in [0.1, 0.15) is 11.2 Å². The van der Waals surface area contributed by atoms with Gasteiger partial charge in [0.2, 0.25) is 0 Å². The first-order valence-corrected chi connectivity index (χ1v) is 8.17. The van der Waals surface area contributed by atoms with Crippen molar-refractivity contribution in [1.29, 1.82) is 0 Å². The fourth-order valence-electron chi connectivity index (χ4n) is 3.02. The molecule has 0 amide bonds. The molecule has 0 saturated heterocycles. The average Bonchev–Trinajstić information content (AvgIpc) is 3.04. The standard InChI is InChI=1S/C22H18N2O/c1-24-20(14-19(23)15-7-3-2-4-8-15)16-11-12-22-18(13-16)17-9-5-6-10-21(17)25-22/h2-14H,23H2,1H3. The first-order chi connectivity index (χ1) is 12.3. The monoisotopic (exact) mass is 326 g/mol. The summed E-state index contributed by atoms with van der Waals surface area (Å²) in [5.41, 5.74) is 11.6. The molecule has 0 fully saturated rings. The summed E-state index contributed by atoms with van der Waals surface area (Å²) in [6, 6.07) is 24.1. The van der Waals surface area contributed by atoms with Crippen molar-refractivity contribution in [2.45, 2.75) is 0 Å². The first kappa shape index (κ1) is 15.2. The van der Waals surface area contributed by atoms with E-state index in [9.17, 15) is 0 Å². The van der Waals surface area contributed by atoms with Crippen molar-refractivity contribution in [1.82, 2.24) is 0 Å². The van der Waals surface area contributed by atoms with Crippen molar-refractivity contribution in [3.8, 4) is 0 Å². The molecule has 3 nitrogen and oxygen atoms in total. The van der Waals surface area contributed by atoms with E-state index in [1.807, 2.05) is 66.7 Å². The summed E-state index contributed by atoms with van der Waals surface area (Å²) in [7, 11) is 1.78. The third kappa shape index (κ3) is 2.81. The second kappa shape index (κ2) is 6.29. The lowest BCUT2D eigenvalue weighted by molar-refractivity contribution is 0.669. The Morgan fingerprint density at radius 3 is 2.36 bits per heavy atom. The summed E-state index contributed by atoms with van der Waals surface area (Å²) in [5.74, 6) is 0. The van der Waals surface area contributed by atoms with Crippen LogP contribution in [0.25, 0.3) is 27.6 Å². The fourth-order valence-corrected chi connectivity index (χ4v) is 3.02. The number of para-hydroxylation sites is 1. The predicted molar refractivity (Wildman–Crippen MR) is 105 cm³/mol. The Labute approximate surface area is 146 Å². The Morgan fingerprint density at radius 2 is 1.56 bits per heavy atom. The largest absolute Gasteiger partial charge is 0.456 e. The maximum Gasteiger partial charge on any atom is 0.135 e. The summed E-state index contributed by atoms with van der Waals surface area (Å²) < 4.78 is 5.89. The highest BCUT2D eigenvalue weighted by Crippen LogP contribution is 2.29. The Kier molecular flexibility index (Phi) is 3.82. The second-order valence-corrected chi connectivity index (χ2v) is 5.88. The van der Waals surface area contributed by atoms with Crippen molar-refractivity contribution >= 4 is 33.3 Å². The number of hydrogen-bond acceptors (Lipinski definition) is 3. The first-order valence-electron chi connectivity index (χ1n) is 8.17. The van der Waals surface area contributed by atoms with E-state index in [0.717, 1.165) is 38.8 Å². The summed E-state index contributed by atoms with van der Waals surface area (Å²) in [6.45, 7) is 0. The Morgan fingerprint density at radius 1 is 0.840 bits per heavy atom. The maximum atomic E-state index is 6.25. The predicted octanol–water partition coefficient (Wildman–Crippen LogP) is 5.00. The van der Waals surface area contributed by atoms with Gasteiger partial charge in [-0.3, -0.25) is 4.99 Å². The van der Waals surface area contributed by atoms with E-state index in [-0.39, 0.29) is 0 Å². The highest BCUT2D eigenvalue weighted by Gasteiger charge is 2.09. The van der Waals surface area contributed by atoms with Gasteiger partial charge >= 0.3 is 0 Å². The molecule has 4 aromatic rings. The molecule has 122 valence electrons. The molecule has 0 radical (unpaired) electrons. The molecule has 3 heteroatoms. The smallest absolute Gasteiger partial charge is 0.135 e. The third-order valence-electron chi connectivity index (χ3n) is 4.31. The van der Waals surface area contributed by atoms with Crippen molar-refractivity contribution in [2.24, 2.45) is 10.7 Å². The van der Waals surface area contributed by atoms with Gasteiger partial charge in [-0.15, -0.1) is 0 Å². The van der Waals surface area contributed by atoms with Gasteiger partial charge < -0.3 is 10.2 Å². The Bertz CT molecular complexity index is 1100. The van der Waals surface area contributed by atoms with Gasteiger partial charge in [0, 0.05) is 29.1 Å². The number of fused-ring (bicyclic) bond motifs is 3. The van der Waals surface area contributed by atoms with Gasteiger partial charge in [0.05, 0.1) is 5.71 Å². The lowest BCUT2D eigenvalue weighted by Crippen LogP contribution is -2.03. The Balaban J connectivity index is 1.80. The van der Waals surface area contributed by atoms with Gasteiger partial charge in [0.25, 0.3) is 0 Å². The molecule has 2 N–H and O–H groups in total. The Hall–Kier alpha value is -3.33. The normalized spacial score (nSPS) is 12.8. The SMILES string of the molecule is CN=C(C=C(N)c1ccccc1)c1ccc2oc3ccccc3c2c1. The van der Waals surface area contributed by atoms with Crippen molar-refractivity contribution < 1.29 is 4.42 Å². The van der Waals surface area contributed by atoms with Gasteiger partial charge in [-0.1, -0.05) is 48.5 Å². The molecule has 4 rings (SSSR count). The van der Waals surface area contributed by atoms with Crippen LogP contribution < -0.4 is 5.73 Å². The second-order valence-electron chi connectivity index (χ2n) is 5.88. The van der Waals surface area contributed by atoms with Crippen LogP contribution >= 0.6 is 0 Å². The van der Waals surface area contributed by atoms with E-state index in [2.05, 4.69) is 17.1 Å². The van der Waals surface area contributed by atoms with Crippen LogP contribution in [0.2, 0.25) is 0 Å². The topological polar surface area (TPSA) is 51.5 Å². The zero-order chi connectivity index (χ0) is 17.2. The van der Waals surface area contributed by atoms with Crippen LogP contribution in [0.5, 0.6) is 0 Å². The molecule has 0 saturated carbocycles. The molecular weight excluding hydrogens is 308 g/mol. The molecule has 1 heterocycles. The van der Waals surface area contributed by atoms with Crippen LogP contribution in [-0.4, -0.2) is 12.8 Å². The van der Waals surface area contributed by atoms with E-state index < -0.39 is 0 Å². The lowest BCUT2D eigenvalue weighted by Gasteiger charge is -2.05. The molecule has 0 aliphatic carbocycles. The molecule has 0 aliphatic heterocycles. The summed E-state index contributed by atoms with van der Waals surface area (Å²) in [6.07, 6.45) is 1.92. The molecular formula is C22H18N2O. The molecule has 0 spiro atoms. The van der Waals surface area contributed by atoms with Crippen LogP contribution in [0.3, 0.4) is 0 Å². The van der Waals surface area contributed by atoms with Gasteiger partial charge in [0.15, 0.2) is 0 Å². The van der Waals surface area contributed by atoms with Crippen LogP contribution in [-0.2, 0) is 0 Å². The van der Waals surface area contributed by atoms with Gasteiger partial charge in [-0.2, -0.15) is 0 Å². The van der Waals surface area contributed by atoms with Gasteiger partial charge in [-0.05, 0) is 35.9 Å². The van der Waals surface area contributed by atoms with Crippen LogP contribution in [0.1, 0.15) is 11.1 Å². The molecule has 3 aromatic carbocycles. The average molecular weight is 326 g/mol. The summed E-state index contributed by atoms with van der Waals surface area (Å²) in [4.78, 5) is 4.42. The van der Waals surface area contributed by atoms with Crippen molar-refractivity contribution in [2.75, 3.05) is 7.05 Å². The maximum absolute atomic E-state index is 6.25. The number of allylic oxidation sites excluding steroid dienone is 1. The number of benzene rings is 3. The third-order valence-corrected chi connectivity index (χ3v) is 4.31. The lowest BCUT2D eigenvalue weighted by atomic mass is 10.0. The highest BCUT2D eigenvalue weighted by atomic mass is 16.3. The highest BCUT2D eigenvalue weighted by molar-refractivity contribution is 6.15. The summed E-state index contributed by atoms with van der Waals surface area (Å²) in [5, 5.41) is 2.19. The quantitative estimate of drug-likeness (QED) is 0.538. The molecule has 25 heavy (non-hydrogen) atoms. The van der Waals surface area contributed by atoms with Crippen LogP contribution in [0.15, 0.2) is 88.3 Å². The zero-order valence-electron chi connectivity index (χ0n) is 13.9. The minimum absolute atomic E-state index is 0.693. The van der Waals surface area contributed by atoms with E-state index in [1.54, 1.807) is 7.05 Å².